The lowest BCUT2D eigenvalue weighted by Crippen LogP contribution is -1.99. The third-order valence-corrected chi connectivity index (χ3v) is 7.07. The monoisotopic (exact) mass is 488 g/mol. The van der Waals surface area contributed by atoms with Crippen LogP contribution < -0.4 is 0 Å². The molecule has 0 spiro atoms. The normalized spacial score (nSPS) is 11.7. The predicted octanol–water partition coefficient (Wildman–Crippen LogP) is 7.13. The Morgan fingerprint density at radius 2 is 1.21 bits per heavy atom. The molecule has 0 aliphatic rings. The molecule has 6 aromatic heterocycles. The summed E-state index contributed by atoms with van der Waals surface area (Å²) in [6.45, 7) is 0. The summed E-state index contributed by atoms with van der Waals surface area (Å²) in [5.41, 5.74) is 8.50. The van der Waals surface area contributed by atoms with E-state index in [2.05, 4.69) is 68.7 Å². The molecule has 8 rings (SSSR count). The van der Waals surface area contributed by atoms with Crippen molar-refractivity contribution in [1.29, 1.82) is 0 Å². The Bertz CT molecular complexity index is 2110. The van der Waals surface area contributed by atoms with Gasteiger partial charge in [-0.25, -0.2) is 4.98 Å². The first-order chi connectivity index (χ1) is 18.9. The van der Waals surface area contributed by atoms with E-state index < -0.39 is 0 Å². The molecule has 0 aliphatic carbocycles. The first-order valence-corrected chi connectivity index (χ1v) is 12.5. The van der Waals surface area contributed by atoms with Gasteiger partial charge in [0.25, 0.3) is 0 Å². The molecule has 0 saturated carbocycles. The highest BCUT2D eigenvalue weighted by Gasteiger charge is 2.20. The maximum Gasteiger partial charge on any atom is 0.149 e. The SMILES string of the molecule is c1ccc(-n2c3cccnc3c3cc4c5ccccc5n(-c5ccc(-c6ccccn6)nc5)c4nc32)cc1. The molecule has 6 heterocycles. The van der Waals surface area contributed by atoms with Gasteiger partial charge in [-0.1, -0.05) is 42.5 Å². The topological polar surface area (TPSA) is 61.4 Å². The van der Waals surface area contributed by atoms with Crippen LogP contribution in [-0.4, -0.2) is 29.1 Å². The van der Waals surface area contributed by atoms with Crippen molar-refractivity contribution in [3.63, 3.8) is 0 Å². The summed E-state index contributed by atoms with van der Waals surface area (Å²) in [6.07, 6.45) is 5.53. The van der Waals surface area contributed by atoms with E-state index in [4.69, 9.17) is 15.0 Å². The maximum absolute atomic E-state index is 5.33. The molecule has 0 bridgehead atoms. The van der Waals surface area contributed by atoms with Gasteiger partial charge in [0.05, 0.1) is 39.8 Å². The smallest absolute Gasteiger partial charge is 0.149 e. The van der Waals surface area contributed by atoms with Crippen LogP contribution in [0, 0.1) is 0 Å². The van der Waals surface area contributed by atoms with Crippen LogP contribution in [0.15, 0.2) is 122 Å². The van der Waals surface area contributed by atoms with E-state index in [1.54, 1.807) is 6.20 Å². The maximum atomic E-state index is 5.33. The Kier molecular flexibility index (Phi) is 4.42. The lowest BCUT2D eigenvalue weighted by molar-refractivity contribution is 1.09. The fourth-order valence-corrected chi connectivity index (χ4v) is 5.40. The second-order valence-corrected chi connectivity index (χ2v) is 9.24. The van der Waals surface area contributed by atoms with Gasteiger partial charge >= 0.3 is 0 Å². The van der Waals surface area contributed by atoms with E-state index in [1.807, 2.05) is 60.9 Å². The van der Waals surface area contributed by atoms with E-state index in [0.717, 1.165) is 66.8 Å². The first kappa shape index (κ1) is 20.8. The van der Waals surface area contributed by atoms with Gasteiger partial charge in [0.2, 0.25) is 0 Å². The summed E-state index contributed by atoms with van der Waals surface area (Å²) in [6, 6.07) is 35.0. The summed E-state index contributed by atoms with van der Waals surface area (Å²) in [4.78, 5) is 19.3. The minimum Gasteiger partial charge on any atom is -0.292 e. The van der Waals surface area contributed by atoms with Crippen molar-refractivity contribution < 1.29 is 0 Å². The zero-order valence-electron chi connectivity index (χ0n) is 20.2. The van der Waals surface area contributed by atoms with Gasteiger partial charge in [0, 0.05) is 34.2 Å². The van der Waals surface area contributed by atoms with Gasteiger partial charge < -0.3 is 0 Å². The Hall–Kier alpha value is -5.36. The number of fused-ring (bicyclic) bond motifs is 6. The molecule has 6 nitrogen and oxygen atoms in total. The van der Waals surface area contributed by atoms with Crippen molar-refractivity contribution in [2.45, 2.75) is 0 Å². The lowest BCUT2D eigenvalue weighted by atomic mass is 10.1. The molecule has 0 unspecified atom stereocenters. The average Bonchev–Trinajstić information content (AvgIpc) is 3.49. The van der Waals surface area contributed by atoms with E-state index >= 15 is 0 Å². The van der Waals surface area contributed by atoms with Gasteiger partial charge in [-0.05, 0) is 60.7 Å². The van der Waals surface area contributed by atoms with Gasteiger partial charge in [0.1, 0.15) is 11.3 Å². The standard InChI is InChI=1S/C32H20N6/c1-2-9-21(10-3-1)37-29-14-8-18-34-30(29)25-19-24-23-11-4-5-13-28(23)38(31(24)36-32(25)37)22-15-16-27(35-20-22)26-12-6-7-17-33-26/h1-20H. The Labute approximate surface area is 217 Å². The van der Waals surface area contributed by atoms with Crippen LogP contribution in [0.3, 0.4) is 0 Å². The van der Waals surface area contributed by atoms with Crippen LogP contribution >= 0.6 is 0 Å². The number of hydrogen-bond acceptors (Lipinski definition) is 4. The number of nitrogens with zero attached hydrogens (tertiary/aromatic N) is 6. The highest BCUT2D eigenvalue weighted by molar-refractivity contribution is 6.15. The fraction of sp³-hybridized carbons (Fsp3) is 0. The molecule has 178 valence electrons. The van der Waals surface area contributed by atoms with Gasteiger partial charge in [-0.2, -0.15) is 0 Å². The molecule has 0 saturated heterocycles. The summed E-state index contributed by atoms with van der Waals surface area (Å²) in [5.74, 6) is 0. The second kappa shape index (κ2) is 8.08. The highest BCUT2D eigenvalue weighted by Crippen LogP contribution is 2.37. The molecule has 2 aromatic carbocycles. The zero-order valence-corrected chi connectivity index (χ0v) is 20.2. The molecule has 0 aliphatic heterocycles. The van der Waals surface area contributed by atoms with Crippen LogP contribution in [0.4, 0.5) is 0 Å². The molecular formula is C32H20N6. The highest BCUT2D eigenvalue weighted by atomic mass is 15.1. The Balaban J connectivity index is 1.45. The van der Waals surface area contributed by atoms with E-state index in [-0.39, 0.29) is 0 Å². The van der Waals surface area contributed by atoms with Crippen LogP contribution in [0.25, 0.3) is 66.8 Å². The second-order valence-electron chi connectivity index (χ2n) is 9.24. The lowest BCUT2D eigenvalue weighted by Gasteiger charge is -2.09. The Morgan fingerprint density at radius 3 is 2.05 bits per heavy atom. The molecule has 8 aromatic rings. The van der Waals surface area contributed by atoms with Crippen molar-refractivity contribution in [3.05, 3.63) is 122 Å². The number of hydrogen-bond donors (Lipinski definition) is 0. The number of para-hydroxylation sites is 2. The van der Waals surface area contributed by atoms with Crippen LogP contribution in [-0.2, 0) is 0 Å². The molecule has 38 heavy (non-hydrogen) atoms. The van der Waals surface area contributed by atoms with Crippen LogP contribution in [0.2, 0.25) is 0 Å². The third kappa shape index (κ3) is 3.01. The largest absolute Gasteiger partial charge is 0.292 e. The van der Waals surface area contributed by atoms with E-state index in [1.165, 1.54) is 0 Å². The minimum absolute atomic E-state index is 0.834. The molecule has 0 radical (unpaired) electrons. The van der Waals surface area contributed by atoms with Crippen LogP contribution in [0.1, 0.15) is 0 Å². The van der Waals surface area contributed by atoms with Gasteiger partial charge in [0.15, 0.2) is 0 Å². The fourth-order valence-electron chi connectivity index (χ4n) is 5.40. The van der Waals surface area contributed by atoms with E-state index in [0.29, 0.717) is 0 Å². The van der Waals surface area contributed by atoms with Crippen molar-refractivity contribution in [3.8, 4) is 22.8 Å². The number of benzene rings is 2. The first-order valence-electron chi connectivity index (χ1n) is 12.5. The predicted molar refractivity (Wildman–Crippen MR) is 152 cm³/mol. The summed E-state index contributed by atoms with van der Waals surface area (Å²) < 4.78 is 4.39. The molecule has 0 amide bonds. The Morgan fingerprint density at radius 1 is 0.474 bits per heavy atom. The summed E-state index contributed by atoms with van der Waals surface area (Å²) >= 11 is 0. The molecule has 6 heteroatoms. The average molecular weight is 489 g/mol. The van der Waals surface area contributed by atoms with Gasteiger partial charge in [-0.3, -0.25) is 24.1 Å². The van der Waals surface area contributed by atoms with Crippen LogP contribution in [0.5, 0.6) is 0 Å². The van der Waals surface area contributed by atoms with Crippen molar-refractivity contribution in [2.24, 2.45) is 0 Å². The number of rotatable bonds is 3. The summed E-state index contributed by atoms with van der Waals surface area (Å²) in [7, 11) is 0. The minimum atomic E-state index is 0.834. The third-order valence-electron chi connectivity index (χ3n) is 7.07. The molecule has 0 fully saturated rings. The quantitative estimate of drug-likeness (QED) is 0.265. The number of aromatic nitrogens is 6. The zero-order chi connectivity index (χ0) is 25.1. The van der Waals surface area contributed by atoms with E-state index in [9.17, 15) is 0 Å². The molecule has 0 atom stereocenters. The van der Waals surface area contributed by atoms with Crippen molar-refractivity contribution >= 4 is 44.0 Å². The van der Waals surface area contributed by atoms with Crippen molar-refractivity contribution in [2.75, 3.05) is 0 Å². The van der Waals surface area contributed by atoms with Crippen molar-refractivity contribution in [1.82, 2.24) is 29.1 Å². The number of pyridine rings is 4. The molecule has 0 N–H and O–H groups in total. The molecular weight excluding hydrogens is 468 g/mol. The van der Waals surface area contributed by atoms with Gasteiger partial charge in [-0.15, -0.1) is 0 Å². The summed E-state index contributed by atoms with van der Waals surface area (Å²) in [5, 5.41) is 3.25.